The summed E-state index contributed by atoms with van der Waals surface area (Å²) >= 11 is 0. The fraction of sp³-hybridized carbons (Fsp3) is 0.0588. The molecule has 3 aromatic carbocycles. The van der Waals surface area contributed by atoms with Crippen LogP contribution < -0.4 is 0 Å². The smallest absolute Gasteiger partial charge is 0.198 e. The van der Waals surface area contributed by atoms with Crippen LogP contribution in [0.2, 0.25) is 0 Å². The molecule has 0 heterocycles. The Kier molecular flexibility index (Phi) is 4.32. The maximum atomic E-state index is 14.5. The van der Waals surface area contributed by atoms with Crippen molar-refractivity contribution < 1.29 is 43.9 Å². The number of hydrogen-bond donors (Lipinski definition) is 0. The van der Waals surface area contributed by atoms with E-state index < -0.39 is 85.6 Å². The second-order valence-corrected chi connectivity index (χ2v) is 5.48. The Labute approximate surface area is 143 Å². The molecule has 27 heavy (non-hydrogen) atoms. The van der Waals surface area contributed by atoms with E-state index >= 15 is 0 Å². The predicted octanol–water partition coefficient (Wildman–Crippen LogP) is 6.21. The van der Waals surface area contributed by atoms with Crippen LogP contribution in [0.15, 0.2) is 6.07 Å². The molecule has 0 aliphatic rings. The van der Waals surface area contributed by atoms with Gasteiger partial charge in [-0.2, -0.15) is 0 Å². The van der Waals surface area contributed by atoms with Gasteiger partial charge in [0.05, 0.1) is 10.9 Å². The number of halogens is 10. The second kappa shape index (κ2) is 6.14. The van der Waals surface area contributed by atoms with E-state index in [-0.39, 0.29) is 6.07 Å². The van der Waals surface area contributed by atoms with Crippen molar-refractivity contribution in [1.29, 1.82) is 0 Å². The summed E-state index contributed by atoms with van der Waals surface area (Å²) in [5.41, 5.74) is -4.53. The molecule has 0 N–H and O–H groups in total. The predicted molar refractivity (Wildman–Crippen MR) is 73.7 cm³/mol. The molecule has 0 spiro atoms. The third kappa shape index (κ3) is 2.46. The van der Waals surface area contributed by atoms with Gasteiger partial charge >= 0.3 is 0 Å². The average Bonchev–Trinajstić information content (AvgIpc) is 2.62. The number of hydrogen-bond acceptors (Lipinski definition) is 0. The first kappa shape index (κ1) is 19.0. The van der Waals surface area contributed by atoms with Crippen LogP contribution in [0.5, 0.6) is 0 Å². The first-order valence-corrected chi connectivity index (χ1v) is 6.97. The third-order valence-electron chi connectivity index (χ3n) is 3.98. The van der Waals surface area contributed by atoms with Crippen molar-refractivity contribution in [2.24, 2.45) is 0 Å². The summed E-state index contributed by atoms with van der Waals surface area (Å²) in [7, 11) is 0. The molecule has 0 fully saturated rings. The van der Waals surface area contributed by atoms with E-state index in [1.54, 1.807) is 0 Å². The Morgan fingerprint density at radius 3 is 1.52 bits per heavy atom. The lowest BCUT2D eigenvalue weighted by Gasteiger charge is -2.16. The van der Waals surface area contributed by atoms with Gasteiger partial charge in [0.1, 0.15) is 17.5 Å². The van der Waals surface area contributed by atoms with Gasteiger partial charge < -0.3 is 0 Å². The highest BCUT2D eigenvalue weighted by Crippen LogP contribution is 2.42. The van der Waals surface area contributed by atoms with Gasteiger partial charge in [0.25, 0.3) is 0 Å². The minimum Gasteiger partial charge on any atom is -0.206 e. The molecule has 0 aliphatic carbocycles. The molecule has 0 saturated heterocycles. The summed E-state index contributed by atoms with van der Waals surface area (Å²) in [6, 6.07) is -0.230. The molecule has 0 nitrogen and oxygen atoms in total. The van der Waals surface area contributed by atoms with Crippen LogP contribution in [0.4, 0.5) is 43.9 Å². The van der Waals surface area contributed by atoms with Gasteiger partial charge in [0.15, 0.2) is 40.7 Å². The normalized spacial score (nSPS) is 11.5. The summed E-state index contributed by atoms with van der Waals surface area (Å²) in [6.07, 6.45) is 0. The maximum absolute atomic E-state index is 14.5. The maximum Gasteiger partial charge on any atom is 0.198 e. The average molecular weight is 398 g/mol. The van der Waals surface area contributed by atoms with Gasteiger partial charge in [0, 0.05) is 22.6 Å². The summed E-state index contributed by atoms with van der Waals surface area (Å²) in [5, 5.41) is -3.36. The van der Waals surface area contributed by atoms with E-state index in [0.717, 1.165) is 0 Å². The zero-order chi connectivity index (χ0) is 20.4. The summed E-state index contributed by atoms with van der Waals surface area (Å²) in [5.74, 6) is -22.1. The molecule has 3 rings (SSSR count). The van der Waals surface area contributed by atoms with Crippen molar-refractivity contribution in [2.75, 3.05) is 0 Å². The van der Waals surface area contributed by atoms with Crippen molar-refractivity contribution in [2.45, 2.75) is 6.92 Å². The molecule has 0 atom stereocenters. The molecule has 0 unspecified atom stereocenters. The first-order chi connectivity index (χ1) is 12.5. The quantitative estimate of drug-likeness (QED) is 0.260. The van der Waals surface area contributed by atoms with Crippen LogP contribution in [-0.2, 0) is 0 Å². The lowest BCUT2D eigenvalue weighted by Crippen LogP contribution is -2.08. The minimum absolute atomic E-state index is 0.230. The van der Waals surface area contributed by atoms with Crippen molar-refractivity contribution in [3.63, 3.8) is 0 Å². The van der Waals surface area contributed by atoms with Gasteiger partial charge in [-0.15, -0.1) is 0 Å². The Bertz CT molecular complexity index is 1130. The van der Waals surface area contributed by atoms with Crippen molar-refractivity contribution in [1.82, 2.24) is 0 Å². The van der Waals surface area contributed by atoms with Crippen LogP contribution >= 0.6 is 0 Å². The Hall–Kier alpha value is -2.78. The third-order valence-corrected chi connectivity index (χ3v) is 3.98. The molecule has 0 saturated carbocycles. The SMILES string of the molecule is Cc1c(F)c(-c2c(F)cc(F)c(F)c2F)c2c(F)c(F)c(F)c(F)c2c1F. The van der Waals surface area contributed by atoms with Crippen LogP contribution in [-0.4, -0.2) is 0 Å². The highest BCUT2D eigenvalue weighted by atomic mass is 19.2. The van der Waals surface area contributed by atoms with Gasteiger partial charge in [-0.05, 0) is 6.92 Å². The Balaban J connectivity index is 2.71. The van der Waals surface area contributed by atoms with Crippen molar-refractivity contribution in [3.05, 3.63) is 69.8 Å². The summed E-state index contributed by atoms with van der Waals surface area (Å²) in [4.78, 5) is 0. The molecule has 0 aliphatic heterocycles. The number of benzene rings is 3. The fourth-order valence-corrected chi connectivity index (χ4v) is 2.68. The van der Waals surface area contributed by atoms with Crippen LogP contribution in [0, 0.1) is 65.1 Å². The molecular weight excluding hydrogens is 394 g/mol. The van der Waals surface area contributed by atoms with E-state index in [9.17, 15) is 43.9 Å². The van der Waals surface area contributed by atoms with E-state index in [4.69, 9.17) is 0 Å². The Morgan fingerprint density at radius 1 is 0.444 bits per heavy atom. The topological polar surface area (TPSA) is 0 Å². The number of rotatable bonds is 1. The molecule has 3 aromatic rings. The number of fused-ring (bicyclic) bond motifs is 1. The minimum atomic E-state index is -2.52. The lowest BCUT2D eigenvalue weighted by atomic mass is 9.92. The molecule has 0 amide bonds. The van der Waals surface area contributed by atoms with Crippen LogP contribution in [0.1, 0.15) is 5.56 Å². The molecule has 0 bridgehead atoms. The second-order valence-electron chi connectivity index (χ2n) is 5.48. The molecule has 142 valence electrons. The monoisotopic (exact) mass is 398 g/mol. The van der Waals surface area contributed by atoms with Crippen molar-refractivity contribution in [3.8, 4) is 11.1 Å². The molecule has 0 aromatic heterocycles. The summed E-state index contributed by atoms with van der Waals surface area (Å²) < 4.78 is 139. The highest BCUT2D eigenvalue weighted by molar-refractivity contribution is 5.99. The molecule has 10 heteroatoms. The largest absolute Gasteiger partial charge is 0.206 e. The van der Waals surface area contributed by atoms with Gasteiger partial charge in [-0.3, -0.25) is 0 Å². The standard InChI is InChI=1S/C17H4F10/c1-3-10(20)7(6-4(18)2-5(19)12(22)13(6)23)8-9(11(3)21)15(25)17(27)16(26)14(8)24/h2H,1H3. The van der Waals surface area contributed by atoms with E-state index in [1.807, 2.05) is 0 Å². The molecular formula is C17H4F10. The lowest BCUT2D eigenvalue weighted by molar-refractivity contribution is 0.415. The van der Waals surface area contributed by atoms with Gasteiger partial charge in [-0.1, -0.05) is 0 Å². The Morgan fingerprint density at radius 2 is 0.963 bits per heavy atom. The van der Waals surface area contributed by atoms with Gasteiger partial charge in [0.2, 0.25) is 0 Å². The zero-order valence-corrected chi connectivity index (χ0v) is 12.9. The summed E-state index contributed by atoms with van der Waals surface area (Å²) in [6.45, 7) is 0.627. The first-order valence-electron chi connectivity index (χ1n) is 6.97. The fourth-order valence-electron chi connectivity index (χ4n) is 2.68. The molecule has 0 radical (unpaired) electrons. The van der Waals surface area contributed by atoms with Crippen molar-refractivity contribution >= 4 is 10.8 Å². The van der Waals surface area contributed by atoms with Crippen LogP contribution in [0.3, 0.4) is 0 Å². The van der Waals surface area contributed by atoms with E-state index in [2.05, 4.69) is 0 Å². The van der Waals surface area contributed by atoms with Crippen LogP contribution in [0.25, 0.3) is 21.9 Å². The van der Waals surface area contributed by atoms with E-state index in [0.29, 0.717) is 6.92 Å². The zero-order valence-electron chi connectivity index (χ0n) is 12.9. The highest BCUT2D eigenvalue weighted by Gasteiger charge is 2.32. The van der Waals surface area contributed by atoms with Gasteiger partial charge in [-0.25, -0.2) is 43.9 Å². The van der Waals surface area contributed by atoms with E-state index in [1.165, 1.54) is 0 Å².